The van der Waals surface area contributed by atoms with Gasteiger partial charge in [0.25, 0.3) is 0 Å². The number of aliphatic hydroxyl groups excluding tert-OH is 1. The van der Waals surface area contributed by atoms with Crippen molar-refractivity contribution >= 4 is 10.0 Å². The van der Waals surface area contributed by atoms with Crippen molar-refractivity contribution < 1.29 is 13.5 Å². The average molecular weight is 284 g/mol. The van der Waals surface area contributed by atoms with Crippen molar-refractivity contribution in [3.05, 3.63) is 18.0 Å². The molecule has 6 heteroatoms. The zero-order chi connectivity index (χ0) is 13.7. The Morgan fingerprint density at radius 1 is 1.47 bits per heavy atom. The molecule has 2 N–H and O–H groups in total. The molecule has 0 aliphatic heterocycles. The Bertz CT molecular complexity index is 583. The topological polar surface area (TPSA) is 71.3 Å². The second kappa shape index (κ2) is 4.33. The van der Waals surface area contributed by atoms with Crippen LogP contribution in [0.1, 0.15) is 44.3 Å². The lowest BCUT2D eigenvalue weighted by molar-refractivity contribution is 0.270. The summed E-state index contributed by atoms with van der Waals surface area (Å²) < 4.78 is 29.0. The lowest BCUT2D eigenvalue weighted by atomic mass is 10.2. The Balaban J connectivity index is 1.79. The normalized spacial score (nSPS) is 21.6. The lowest BCUT2D eigenvalue weighted by Crippen LogP contribution is -2.28. The molecule has 2 aliphatic carbocycles. The van der Waals surface area contributed by atoms with Crippen molar-refractivity contribution in [2.45, 2.75) is 50.2 Å². The fraction of sp³-hybridized carbons (Fsp3) is 0.692. The molecule has 3 rings (SSSR count). The molecule has 2 fully saturated rings. The monoisotopic (exact) mass is 284 g/mol. The molecule has 2 aliphatic rings. The van der Waals surface area contributed by atoms with E-state index in [-0.39, 0.29) is 16.9 Å². The first kappa shape index (κ1) is 13.1. The maximum Gasteiger partial charge on any atom is 0.242 e. The molecule has 1 aromatic heterocycles. The van der Waals surface area contributed by atoms with Crippen LogP contribution in [0.5, 0.6) is 0 Å². The summed E-state index contributed by atoms with van der Waals surface area (Å²) >= 11 is 0. The van der Waals surface area contributed by atoms with E-state index in [9.17, 15) is 13.5 Å². The molecule has 0 unspecified atom stereocenters. The van der Waals surface area contributed by atoms with Crippen LogP contribution in [0.4, 0.5) is 0 Å². The number of aromatic nitrogens is 1. The summed E-state index contributed by atoms with van der Waals surface area (Å²) in [4.78, 5) is 0.271. The smallest absolute Gasteiger partial charge is 0.242 e. The second-order valence-electron chi connectivity index (χ2n) is 6.10. The quantitative estimate of drug-likeness (QED) is 0.829. The first-order valence-corrected chi connectivity index (χ1v) is 8.23. The standard InChI is InChI=1S/C13H20N2O3S/c1-13(4-5-13)9-14-19(17,18)12-6-11(8-16)15(7-12)10-2-3-10/h6-7,10,14,16H,2-5,8-9H2,1H3. The largest absolute Gasteiger partial charge is 0.390 e. The van der Waals surface area contributed by atoms with Gasteiger partial charge in [0.2, 0.25) is 10.0 Å². The summed E-state index contributed by atoms with van der Waals surface area (Å²) in [6.45, 7) is 2.46. The Hall–Kier alpha value is -0.850. The third-order valence-electron chi connectivity index (χ3n) is 4.11. The first-order chi connectivity index (χ1) is 8.93. The van der Waals surface area contributed by atoms with Crippen molar-refractivity contribution in [1.29, 1.82) is 0 Å². The molecule has 5 nitrogen and oxygen atoms in total. The number of nitrogens with zero attached hydrogens (tertiary/aromatic N) is 1. The van der Waals surface area contributed by atoms with E-state index in [0.29, 0.717) is 18.3 Å². The predicted molar refractivity (Wildman–Crippen MR) is 71.2 cm³/mol. The van der Waals surface area contributed by atoms with E-state index in [1.54, 1.807) is 12.3 Å². The Kier molecular flexibility index (Phi) is 2.99. The van der Waals surface area contributed by atoms with Crippen LogP contribution in [-0.4, -0.2) is 24.6 Å². The van der Waals surface area contributed by atoms with Gasteiger partial charge in [0.1, 0.15) is 0 Å². The van der Waals surface area contributed by atoms with Gasteiger partial charge in [-0.3, -0.25) is 0 Å². The average Bonchev–Trinajstić information content (AvgIpc) is 3.29. The summed E-state index contributed by atoms with van der Waals surface area (Å²) in [5, 5.41) is 9.31. The number of hydrogen-bond donors (Lipinski definition) is 2. The fourth-order valence-electron chi connectivity index (χ4n) is 2.21. The molecule has 106 valence electrons. The van der Waals surface area contributed by atoms with Crippen LogP contribution >= 0.6 is 0 Å². The van der Waals surface area contributed by atoms with E-state index in [4.69, 9.17) is 0 Å². The second-order valence-corrected chi connectivity index (χ2v) is 7.87. The summed E-state index contributed by atoms with van der Waals surface area (Å²) in [7, 11) is -3.45. The number of aliphatic hydroxyl groups is 1. The highest BCUT2D eigenvalue weighted by Gasteiger charge is 2.38. The molecule has 0 radical (unpaired) electrons. The molecular formula is C13H20N2O3S. The third kappa shape index (κ3) is 2.70. The van der Waals surface area contributed by atoms with Gasteiger partial charge in [-0.1, -0.05) is 6.92 Å². The molecule has 19 heavy (non-hydrogen) atoms. The highest BCUT2D eigenvalue weighted by atomic mass is 32.2. The summed E-state index contributed by atoms with van der Waals surface area (Å²) in [6.07, 6.45) is 5.95. The van der Waals surface area contributed by atoms with E-state index >= 15 is 0 Å². The van der Waals surface area contributed by atoms with Crippen LogP contribution in [0.15, 0.2) is 17.2 Å². The van der Waals surface area contributed by atoms with E-state index in [0.717, 1.165) is 25.7 Å². The van der Waals surface area contributed by atoms with Gasteiger partial charge in [0.05, 0.1) is 11.5 Å². The fourth-order valence-corrected chi connectivity index (χ4v) is 3.45. The van der Waals surface area contributed by atoms with Crippen molar-refractivity contribution in [3.63, 3.8) is 0 Å². The van der Waals surface area contributed by atoms with Crippen LogP contribution in [-0.2, 0) is 16.6 Å². The molecule has 0 aromatic carbocycles. The van der Waals surface area contributed by atoms with Crippen molar-refractivity contribution in [2.24, 2.45) is 5.41 Å². The van der Waals surface area contributed by atoms with Gasteiger partial charge < -0.3 is 9.67 Å². The zero-order valence-corrected chi connectivity index (χ0v) is 11.9. The summed E-state index contributed by atoms with van der Waals surface area (Å²) in [5.74, 6) is 0. The number of nitrogens with one attached hydrogen (secondary N) is 1. The lowest BCUT2D eigenvalue weighted by Gasteiger charge is -2.09. The van der Waals surface area contributed by atoms with Gasteiger partial charge in [-0.15, -0.1) is 0 Å². The van der Waals surface area contributed by atoms with Crippen LogP contribution in [0, 0.1) is 5.41 Å². The SMILES string of the molecule is CC1(CNS(=O)(=O)c2cc(CO)n(C3CC3)c2)CC1. The number of sulfonamides is 1. The molecule has 0 atom stereocenters. The minimum atomic E-state index is -3.45. The van der Waals surface area contributed by atoms with Crippen LogP contribution < -0.4 is 4.72 Å². The zero-order valence-electron chi connectivity index (χ0n) is 11.1. The summed E-state index contributed by atoms with van der Waals surface area (Å²) in [5.41, 5.74) is 0.826. The van der Waals surface area contributed by atoms with Crippen molar-refractivity contribution in [2.75, 3.05) is 6.54 Å². The molecule has 0 spiro atoms. The van der Waals surface area contributed by atoms with Crippen LogP contribution in [0.25, 0.3) is 0 Å². The molecule has 1 aromatic rings. The van der Waals surface area contributed by atoms with Crippen molar-refractivity contribution in [1.82, 2.24) is 9.29 Å². The molecule has 0 amide bonds. The maximum atomic E-state index is 12.2. The van der Waals surface area contributed by atoms with Crippen LogP contribution in [0.2, 0.25) is 0 Å². The van der Waals surface area contributed by atoms with E-state index in [1.165, 1.54) is 0 Å². The Labute approximate surface area is 113 Å². The van der Waals surface area contributed by atoms with Crippen molar-refractivity contribution in [3.8, 4) is 0 Å². The first-order valence-electron chi connectivity index (χ1n) is 6.75. The Morgan fingerprint density at radius 3 is 2.68 bits per heavy atom. The Morgan fingerprint density at radius 2 is 2.16 bits per heavy atom. The number of hydrogen-bond acceptors (Lipinski definition) is 3. The summed E-state index contributed by atoms with van der Waals surface area (Å²) in [6, 6.07) is 1.95. The van der Waals surface area contributed by atoms with Gasteiger partial charge in [-0.05, 0) is 37.2 Å². The maximum absolute atomic E-state index is 12.2. The minimum Gasteiger partial charge on any atom is -0.390 e. The van der Waals surface area contributed by atoms with Gasteiger partial charge in [-0.25, -0.2) is 13.1 Å². The number of rotatable bonds is 6. The van der Waals surface area contributed by atoms with Gasteiger partial charge in [-0.2, -0.15) is 0 Å². The van der Waals surface area contributed by atoms with Gasteiger partial charge in [0.15, 0.2) is 0 Å². The molecule has 2 saturated carbocycles. The highest BCUT2D eigenvalue weighted by molar-refractivity contribution is 7.89. The highest BCUT2D eigenvalue weighted by Crippen LogP contribution is 2.44. The molecule has 0 saturated heterocycles. The van der Waals surface area contributed by atoms with E-state index in [1.807, 2.05) is 4.57 Å². The van der Waals surface area contributed by atoms with E-state index in [2.05, 4.69) is 11.6 Å². The van der Waals surface area contributed by atoms with E-state index < -0.39 is 10.0 Å². The molecular weight excluding hydrogens is 264 g/mol. The third-order valence-corrected chi connectivity index (χ3v) is 5.48. The van der Waals surface area contributed by atoms with Gasteiger partial charge in [0, 0.05) is 24.5 Å². The molecule has 1 heterocycles. The molecule has 0 bridgehead atoms. The minimum absolute atomic E-state index is 0.121. The van der Waals surface area contributed by atoms with Crippen LogP contribution in [0.3, 0.4) is 0 Å². The van der Waals surface area contributed by atoms with Gasteiger partial charge >= 0.3 is 0 Å². The predicted octanol–water partition coefficient (Wildman–Crippen LogP) is 1.39.